The number of carbonyl (C=O) groups is 3. The minimum atomic E-state index is -0.995. The molecule has 4 atom stereocenters. The van der Waals surface area contributed by atoms with Crippen molar-refractivity contribution in [3.05, 3.63) is 0 Å². The molecule has 0 aromatic carbocycles. The van der Waals surface area contributed by atoms with E-state index < -0.39 is 18.0 Å². The van der Waals surface area contributed by atoms with Gasteiger partial charge in [0.2, 0.25) is 5.91 Å². The van der Waals surface area contributed by atoms with E-state index in [1.165, 1.54) is 14.2 Å². The van der Waals surface area contributed by atoms with Gasteiger partial charge in [0, 0.05) is 5.92 Å². The summed E-state index contributed by atoms with van der Waals surface area (Å²) >= 11 is 0. The van der Waals surface area contributed by atoms with E-state index in [0.717, 1.165) is 19.3 Å². The Balaban J connectivity index is 2.82. The maximum absolute atomic E-state index is 12.7. The SMILES string of the molecule is COC(=O)C[C@H](NC(=O)[C@@H]1C[C@@H](C)CC[C@H]1C(C)C)C(=O)OC. The maximum Gasteiger partial charge on any atom is 0.328 e. The molecule has 1 amide bonds. The fourth-order valence-corrected chi connectivity index (χ4v) is 3.37. The zero-order valence-corrected chi connectivity index (χ0v) is 14.8. The van der Waals surface area contributed by atoms with Crippen LogP contribution in [0, 0.1) is 23.7 Å². The van der Waals surface area contributed by atoms with Crippen LogP contribution in [0.2, 0.25) is 0 Å². The molecule has 23 heavy (non-hydrogen) atoms. The van der Waals surface area contributed by atoms with Crippen molar-refractivity contribution in [3.8, 4) is 0 Å². The van der Waals surface area contributed by atoms with E-state index in [1.807, 2.05) is 0 Å². The van der Waals surface area contributed by atoms with Crippen LogP contribution >= 0.6 is 0 Å². The smallest absolute Gasteiger partial charge is 0.328 e. The summed E-state index contributed by atoms with van der Waals surface area (Å²) in [4.78, 5) is 35.9. The quantitative estimate of drug-likeness (QED) is 0.754. The second kappa shape index (κ2) is 8.89. The first-order valence-corrected chi connectivity index (χ1v) is 8.25. The van der Waals surface area contributed by atoms with Crippen LogP contribution in [0.3, 0.4) is 0 Å². The molecule has 1 N–H and O–H groups in total. The molecular weight excluding hydrogens is 298 g/mol. The predicted molar refractivity (Wildman–Crippen MR) is 85.4 cm³/mol. The van der Waals surface area contributed by atoms with E-state index in [9.17, 15) is 14.4 Å². The lowest BCUT2D eigenvalue weighted by molar-refractivity contribution is -0.151. The molecule has 0 heterocycles. The van der Waals surface area contributed by atoms with Crippen LogP contribution in [-0.4, -0.2) is 38.1 Å². The third-order valence-corrected chi connectivity index (χ3v) is 4.76. The summed E-state index contributed by atoms with van der Waals surface area (Å²) in [5.74, 6) is -0.319. The van der Waals surface area contributed by atoms with Gasteiger partial charge in [0.15, 0.2) is 0 Å². The Morgan fingerprint density at radius 1 is 1.13 bits per heavy atom. The zero-order valence-electron chi connectivity index (χ0n) is 14.8. The van der Waals surface area contributed by atoms with Gasteiger partial charge >= 0.3 is 11.9 Å². The maximum atomic E-state index is 12.7. The lowest BCUT2D eigenvalue weighted by atomic mass is 9.69. The van der Waals surface area contributed by atoms with Gasteiger partial charge in [0.1, 0.15) is 6.04 Å². The predicted octanol–water partition coefficient (Wildman–Crippen LogP) is 1.92. The van der Waals surface area contributed by atoms with Crippen molar-refractivity contribution in [2.24, 2.45) is 23.7 Å². The molecule has 0 radical (unpaired) electrons. The van der Waals surface area contributed by atoms with Gasteiger partial charge in [-0.15, -0.1) is 0 Å². The number of carbonyl (C=O) groups excluding carboxylic acids is 3. The van der Waals surface area contributed by atoms with Crippen LogP contribution in [-0.2, 0) is 23.9 Å². The van der Waals surface area contributed by atoms with Gasteiger partial charge in [-0.2, -0.15) is 0 Å². The largest absolute Gasteiger partial charge is 0.469 e. The highest BCUT2D eigenvalue weighted by Gasteiger charge is 2.37. The number of hydrogen-bond donors (Lipinski definition) is 1. The van der Waals surface area contributed by atoms with Gasteiger partial charge in [-0.3, -0.25) is 9.59 Å². The molecule has 0 unspecified atom stereocenters. The van der Waals surface area contributed by atoms with E-state index in [-0.39, 0.29) is 18.2 Å². The van der Waals surface area contributed by atoms with Gasteiger partial charge in [0.25, 0.3) is 0 Å². The summed E-state index contributed by atoms with van der Waals surface area (Å²) < 4.78 is 9.26. The molecule has 6 heteroatoms. The Hall–Kier alpha value is -1.59. The molecule has 0 bridgehead atoms. The molecule has 0 aromatic heterocycles. The van der Waals surface area contributed by atoms with Gasteiger partial charge in [-0.25, -0.2) is 4.79 Å². The fraction of sp³-hybridized carbons (Fsp3) is 0.824. The minimum absolute atomic E-state index is 0.136. The number of rotatable bonds is 6. The van der Waals surface area contributed by atoms with Crippen molar-refractivity contribution < 1.29 is 23.9 Å². The molecule has 132 valence electrons. The monoisotopic (exact) mass is 327 g/mol. The molecule has 0 saturated heterocycles. The van der Waals surface area contributed by atoms with E-state index in [0.29, 0.717) is 17.8 Å². The number of ether oxygens (including phenoxy) is 2. The molecule has 1 fully saturated rings. The molecule has 1 aliphatic rings. The minimum Gasteiger partial charge on any atom is -0.469 e. The summed E-state index contributed by atoms with van der Waals surface area (Å²) in [5.41, 5.74) is 0. The first-order valence-electron chi connectivity index (χ1n) is 8.25. The summed E-state index contributed by atoms with van der Waals surface area (Å²) in [6.45, 7) is 6.38. The molecule has 0 aliphatic heterocycles. The van der Waals surface area contributed by atoms with Gasteiger partial charge in [0.05, 0.1) is 20.6 Å². The normalized spacial score (nSPS) is 25.6. The fourth-order valence-electron chi connectivity index (χ4n) is 3.37. The Kier molecular flexibility index (Phi) is 7.52. The molecule has 6 nitrogen and oxygen atoms in total. The topological polar surface area (TPSA) is 81.7 Å². The molecule has 0 spiro atoms. The first kappa shape index (κ1) is 19.5. The van der Waals surface area contributed by atoms with Gasteiger partial charge < -0.3 is 14.8 Å². The number of methoxy groups -OCH3 is 2. The summed E-state index contributed by atoms with van der Waals surface area (Å²) in [6.07, 6.45) is 2.72. The standard InChI is InChI=1S/C17H29NO5/c1-10(2)12-7-6-11(3)8-13(12)16(20)18-14(17(21)23-5)9-15(19)22-4/h10-14H,6-9H2,1-5H3,(H,18,20)/t11-,12-,13+,14-/m0/s1. The van der Waals surface area contributed by atoms with Crippen LogP contribution in [0.5, 0.6) is 0 Å². The number of nitrogens with one attached hydrogen (secondary N) is 1. The van der Waals surface area contributed by atoms with Crippen LogP contribution in [0.15, 0.2) is 0 Å². The van der Waals surface area contributed by atoms with E-state index >= 15 is 0 Å². The van der Waals surface area contributed by atoms with Crippen molar-refractivity contribution in [2.45, 2.75) is 52.5 Å². The summed E-state index contributed by atoms with van der Waals surface area (Å²) in [5, 5.41) is 2.69. The number of amides is 1. The van der Waals surface area contributed by atoms with Crippen molar-refractivity contribution in [1.29, 1.82) is 0 Å². The van der Waals surface area contributed by atoms with E-state index in [1.54, 1.807) is 0 Å². The van der Waals surface area contributed by atoms with Gasteiger partial charge in [-0.1, -0.05) is 27.2 Å². The van der Waals surface area contributed by atoms with Crippen molar-refractivity contribution in [3.63, 3.8) is 0 Å². The van der Waals surface area contributed by atoms with Crippen LogP contribution in [0.25, 0.3) is 0 Å². The second-order valence-corrected chi connectivity index (χ2v) is 6.80. The Morgan fingerprint density at radius 2 is 1.78 bits per heavy atom. The highest BCUT2D eigenvalue weighted by molar-refractivity contribution is 5.89. The highest BCUT2D eigenvalue weighted by Crippen LogP contribution is 2.38. The van der Waals surface area contributed by atoms with Crippen molar-refractivity contribution in [2.75, 3.05) is 14.2 Å². The van der Waals surface area contributed by atoms with Crippen LogP contribution < -0.4 is 5.32 Å². The van der Waals surface area contributed by atoms with Crippen molar-refractivity contribution in [1.82, 2.24) is 5.32 Å². The van der Waals surface area contributed by atoms with E-state index in [2.05, 4.69) is 35.6 Å². The lowest BCUT2D eigenvalue weighted by Crippen LogP contribution is -2.48. The average molecular weight is 327 g/mol. The third kappa shape index (κ3) is 5.52. The lowest BCUT2D eigenvalue weighted by Gasteiger charge is -2.36. The molecule has 1 aliphatic carbocycles. The first-order chi connectivity index (χ1) is 10.8. The molecule has 1 rings (SSSR count). The Labute approximate surface area is 138 Å². The summed E-state index contributed by atoms with van der Waals surface area (Å²) in [7, 11) is 2.48. The molecule has 0 aromatic rings. The van der Waals surface area contributed by atoms with E-state index in [4.69, 9.17) is 0 Å². The Bertz CT molecular complexity index is 435. The molecular formula is C17H29NO5. The molecule has 1 saturated carbocycles. The average Bonchev–Trinajstić information content (AvgIpc) is 2.52. The second-order valence-electron chi connectivity index (χ2n) is 6.80. The number of hydrogen-bond acceptors (Lipinski definition) is 5. The Morgan fingerprint density at radius 3 is 2.30 bits per heavy atom. The van der Waals surface area contributed by atoms with Crippen molar-refractivity contribution >= 4 is 17.8 Å². The summed E-state index contributed by atoms with van der Waals surface area (Å²) in [6, 6.07) is -0.995. The van der Waals surface area contributed by atoms with Gasteiger partial charge in [-0.05, 0) is 30.6 Å². The third-order valence-electron chi connectivity index (χ3n) is 4.76. The van der Waals surface area contributed by atoms with Crippen LogP contribution in [0.4, 0.5) is 0 Å². The number of esters is 2. The highest BCUT2D eigenvalue weighted by atomic mass is 16.5. The van der Waals surface area contributed by atoms with Crippen LogP contribution in [0.1, 0.15) is 46.5 Å². The zero-order chi connectivity index (χ0) is 17.6.